The van der Waals surface area contributed by atoms with Crippen molar-refractivity contribution in [3.8, 4) is 0 Å². The molecule has 2 nitrogen and oxygen atoms in total. The zero-order valence-electron chi connectivity index (χ0n) is 13.2. The zero-order valence-corrected chi connectivity index (χ0v) is 14.1. The number of aryl methyl sites for hydroxylation is 3. The highest BCUT2D eigenvalue weighted by Gasteiger charge is 2.12. The number of hydrogen-bond donors (Lipinski definition) is 1. The first-order valence-electron chi connectivity index (χ1n) is 7.00. The highest BCUT2D eigenvalue weighted by molar-refractivity contribution is 7.12. The van der Waals surface area contributed by atoms with E-state index in [9.17, 15) is 0 Å². The van der Waals surface area contributed by atoms with Crippen molar-refractivity contribution in [2.75, 3.05) is 24.3 Å². The number of nitrogens with zero attached hydrogens (tertiary/aromatic N) is 1. The highest BCUT2D eigenvalue weighted by Crippen LogP contribution is 2.30. The second-order valence-corrected chi connectivity index (χ2v) is 7.09. The van der Waals surface area contributed by atoms with Crippen LogP contribution in [0.2, 0.25) is 0 Å². The summed E-state index contributed by atoms with van der Waals surface area (Å²) in [7, 11) is 4.17. The third-order valence-corrected chi connectivity index (χ3v) is 4.60. The smallest absolute Gasteiger partial charge is 0.0496 e. The van der Waals surface area contributed by atoms with Crippen molar-refractivity contribution in [2.24, 2.45) is 0 Å². The molecule has 2 rings (SSSR count). The molecule has 20 heavy (non-hydrogen) atoms. The fraction of sp³-hybridized carbons (Fsp3) is 0.412. The summed E-state index contributed by atoms with van der Waals surface area (Å²) in [6, 6.07) is 9.18. The largest absolute Gasteiger partial charge is 0.378 e. The van der Waals surface area contributed by atoms with E-state index in [2.05, 4.69) is 76.3 Å². The van der Waals surface area contributed by atoms with Gasteiger partial charge in [-0.2, -0.15) is 0 Å². The molecule has 0 aliphatic heterocycles. The number of hydrogen-bond acceptors (Lipinski definition) is 3. The van der Waals surface area contributed by atoms with Crippen LogP contribution in [0.15, 0.2) is 24.3 Å². The van der Waals surface area contributed by atoms with Gasteiger partial charge in [0.25, 0.3) is 0 Å². The van der Waals surface area contributed by atoms with E-state index in [0.29, 0.717) is 6.04 Å². The summed E-state index contributed by atoms with van der Waals surface area (Å²) in [5, 5.41) is 3.61. The standard InChI is InChI=1S/C17H24N2S/c1-11-7-8-15(10-17(11)19(5)6)18-13(3)16-9-12(2)20-14(16)4/h7-10,13,18H,1-6H3. The van der Waals surface area contributed by atoms with Crippen molar-refractivity contribution in [1.29, 1.82) is 0 Å². The average molecular weight is 288 g/mol. The summed E-state index contributed by atoms with van der Waals surface area (Å²) in [4.78, 5) is 4.94. The minimum atomic E-state index is 0.331. The Balaban J connectivity index is 2.22. The summed E-state index contributed by atoms with van der Waals surface area (Å²) in [5.74, 6) is 0. The van der Waals surface area contributed by atoms with Crippen molar-refractivity contribution in [3.05, 3.63) is 45.1 Å². The molecule has 0 aliphatic carbocycles. The van der Waals surface area contributed by atoms with E-state index in [-0.39, 0.29) is 0 Å². The van der Waals surface area contributed by atoms with Crippen LogP contribution in [0.1, 0.15) is 33.8 Å². The Bertz CT molecular complexity index is 599. The first kappa shape index (κ1) is 14.9. The van der Waals surface area contributed by atoms with Crippen LogP contribution in [-0.4, -0.2) is 14.1 Å². The maximum absolute atomic E-state index is 3.61. The van der Waals surface area contributed by atoms with Crippen molar-refractivity contribution in [3.63, 3.8) is 0 Å². The first-order valence-corrected chi connectivity index (χ1v) is 7.81. The lowest BCUT2D eigenvalue weighted by molar-refractivity contribution is 0.881. The first-order chi connectivity index (χ1) is 9.38. The van der Waals surface area contributed by atoms with Gasteiger partial charge in [-0.1, -0.05) is 6.07 Å². The Morgan fingerprint density at radius 3 is 2.35 bits per heavy atom. The van der Waals surface area contributed by atoms with E-state index < -0.39 is 0 Å². The topological polar surface area (TPSA) is 15.3 Å². The van der Waals surface area contributed by atoms with E-state index in [1.54, 1.807) is 0 Å². The summed E-state index contributed by atoms with van der Waals surface area (Å²) in [5.41, 5.74) is 5.14. The molecule has 0 saturated heterocycles. The van der Waals surface area contributed by atoms with Gasteiger partial charge in [-0.05, 0) is 57.0 Å². The van der Waals surface area contributed by atoms with Crippen LogP contribution in [-0.2, 0) is 0 Å². The maximum Gasteiger partial charge on any atom is 0.0496 e. The molecule has 0 spiro atoms. The minimum Gasteiger partial charge on any atom is -0.378 e. The predicted molar refractivity (Wildman–Crippen MR) is 91.3 cm³/mol. The van der Waals surface area contributed by atoms with E-state index in [4.69, 9.17) is 0 Å². The third kappa shape index (κ3) is 3.15. The van der Waals surface area contributed by atoms with E-state index >= 15 is 0 Å². The van der Waals surface area contributed by atoms with Gasteiger partial charge in [0.2, 0.25) is 0 Å². The fourth-order valence-electron chi connectivity index (χ4n) is 2.59. The molecular weight excluding hydrogens is 264 g/mol. The number of nitrogens with one attached hydrogen (secondary N) is 1. The molecule has 0 fully saturated rings. The summed E-state index contributed by atoms with van der Waals surface area (Å²) in [6.07, 6.45) is 0. The molecule has 1 aromatic heterocycles. The molecule has 1 aromatic carbocycles. The second kappa shape index (κ2) is 5.88. The summed E-state index contributed by atoms with van der Waals surface area (Å²) >= 11 is 1.87. The Morgan fingerprint density at radius 1 is 1.10 bits per heavy atom. The number of benzene rings is 1. The van der Waals surface area contributed by atoms with Gasteiger partial charge in [0.15, 0.2) is 0 Å². The predicted octanol–water partition coefficient (Wildman–Crippen LogP) is 4.91. The molecule has 2 aromatic rings. The molecule has 0 radical (unpaired) electrons. The number of anilines is 2. The maximum atomic E-state index is 3.61. The van der Waals surface area contributed by atoms with Crippen LogP contribution in [0.25, 0.3) is 0 Å². The van der Waals surface area contributed by atoms with Crippen molar-refractivity contribution in [1.82, 2.24) is 0 Å². The van der Waals surface area contributed by atoms with Crippen molar-refractivity contribution < 1.29 is 0 Å². The minimum absolute atomic E-state index is 0.331. The number of rotatable bonds is 4. The van der Waals surface area contributed by atoms with Gasteiger partial charge in [0.05, 0.1) is 0 Å². The Hall–Kier alpha value is -1.48. The Morgan fingerprint density at radius 2 is 1.80 bits per heavy atom. The third-order valence-electron chi connectivity index (χ3n) is 3.62. The Labute approximate surface area is 126 Å². The Kier molecular flexibility index (Phi) is 4.39. The lowest BCUT2D eigenvalue weighted by Crippen LogP contribution is -2.12. The van der Waals surface area contributed by atoms with Gasteiger partial charge in [0, 0.05) is 41.3 Å². The summed E-state index contributed by atoms with van der Waals surface area (Å²) in [6.45, 7) is 8.74. The molecule has 1 heterocycles. The van der Waals surface area contributed by atoms with Gasteiger partial charge in [-0.25, -0.2) is 0 Å². The lowest BCUT2D eigenvalue weighted by atomic mass is 10.1. The lowest BCUT2D eigenvalue weighted by Gasteiger charge is -2.20. The van der Waals surface area contributed by atoms with Crippen molar-refractivity contribution >= 4 is 22.7 Å². The van der Waals surface area contributed by atoms with Gasteiger partial charge < -0.3 is 10.2 Å². The quantitative estimate of drug-likeness (QED) is 0.859. The van der Waals surface area contributed by atoms with Crippen molar-refractivity contribution in [2.45, 2.75) is 33.7 Å². The van der Waals surface area contributed by atoms with E-state index in [0.717, 1.165) is 0 Å². The van der Waals surface area contributed by atoms with Crippen LogP contribution < -0.4 is 10.2 Å². The molecule has 0 bridgehead atoms. The van der Waals surface area contributed by atoms with Gasteiger partial charge in [0.1, 0.15) is 0 Å². The monoisotopic (exact) mass is 288 g/mol. The highest BCUT2D eigenvalue weighted by atomic mass is 32.1. The van der Waals surface area contributed by atoms with Crippen LogP contribution in [0, 0.1) is 20.8 Å². The van der Waals surface area contributed by atoms with E-state index in [1.165, 1.54) is 32.3 Å². The summed E-state index contributed by atoms with van der Waals surface area (Å²) < 4.78 is 0. The zero-order chi connectivity index (χ0) is 14.9. The normalized spacial score (nSPS) is 12.3. The molecule has 1 atom stereocenters. The van der Waals surface area contributed by atoms with Gasteiger partial charge >= 0.3 is 0 Å². The van der Waals surface area contributed by atoms with Gasteiger partial charge in [-0.15, -0.1) is 11.3 Å². The molecule has 108 valence electrons. The SMILES string of the molecule is Cc1cc(C(C)Nc2ccc(C)c(N(C)C)c2)c(C)s1. The molecule has 3 heteroatoms. The number of thiophene rings is 1. The van der Waals surface area contributed by atoms with Crippen LogP contribution in [0.3, 0.4) is 0 Å². The van der Waals surface area contributed by atoms with E-state index in [1.807, 2.05) is 11.3 Å². The molecule has 1 unspecified atom stereocenters. The van der Waals surface area contributed by atoms with Gasteiger partial charge in [-0.3, -0.25) is 0 Å². The second-order valence-electron chi connectivity index (χ2n) is 5.63. The van der Waals surface area contributed by atoms with Crippen LogP contribution in [0.4, 0.5) is 11.4 Å². The molecule has 1 N–H and O–H groups in total. The average Bonchev–Trinajstić information content (AvgIpc) is 2.70. The molecule has 0 amide bonds. The van der Waals surface area contributed by atoms with Crippen LogP contribution >= 0.6 is 11.3 Å². The van der Waals surface area contributed by atoms with Crippen LogP contribution in [0.5, 0.6) is 0 Å². The molecule has 0 aliphatic rings. The molecule has 0 saturated carbocycles. The molecular formula is C17H24N2S. The fourth-order valence-corrected chi connectivity index (χ4v) is 3.61.